The normalized spacial score (nSPS) is 15.8. The minimum Gasteiger partial charge on any atom is -0.314 e. The van der Waals surface area contributed by atoms with Gasteiger partial charge in [0.25, 0.3) is 0 Å². The van der Waals surface area contributed by atoms with Crippen LogP contribution in [-0.4, -0.2) is 12.6 Å². The monoisotopic (exact) mass is 259 g/mol. The van der Waals surface area contributed by atoms with Gasteiger partial charge in [-0.15, -0.1) is 0 Å². The lowest BCUT2D eigenvalue weighted by Crippen LogP contribution is -2.24. The second-order valence-corrected chi connectivity index (χ2v) is 7.07. The van der Waals surface area contributed by atoms with Gasteiger partial charge in [-0.05, 0) is 69.0 Å². The number of hydrogen-bond donors (Lipinski definition) is 1. The Bertz CT molecular complexity index is 416. The van der Waals surface area contributed by atoms with Crippen molar-refractivity contribution in [1.82, 2.24) is 5.32 Å². The third kappa shape index (κ3) is 4.99. The Morgan fingerprint density at radius 3 is 2.53 bits per heavy atom. The lowest BCUT2D eigenvalue weighted by atomic mass is 9.82. The van der Waals surface area contributed by atoms with Gasteiger partial charge in [0, 0.05) is 6.04 Å². The van der Waals surface area contributed by atoms with Gasteiger partial charge in [-0.3, -0.25) is 0 Å². The SMILES string of the molecule is Cc1ccc(CCC(C)(C)CCNC2CC2)c(C)c1. The van der Waals surface area contributed by atoms with Crippen molar-refractivity contribution in [1.29, 1.82) is 0 Å². The Kier molecular flexibility index (Phi) is 4.67. The summed E-state index contributed by atoms with van der Waals surface area (Å²) in [5.41, 5.74) is 4.79. The maximum Gasteiger partial charge on any atom is 0.00682 e. The molecule has 0 bridgehead atoms. The van der Waals surface area contributed by atoms with E-state index in [-0.39, 0.29) is 0 Å². The zero-order valence-electron chi connectivity index (χ0n) is 13.1. The van der Waals surface area contributed by atoms with Crippen LogP contribution in [0.5, 0.6) is 0 Å². The second-order valence-electron chi connectivity index (χ2n) is 7.07. The smallest absolute Gasteiger partial charge is 0.00682 e. The highest BCUT2D eigenvalue weighted by atomic mass is 14.9. The van der Waals surface area contributed by atoms with Crippen molar-refractivity contribution >= 4 is 0 Å². The van der Waals surface area contributed by atoms with Crippen molar-refractivity contribution in [2.45, 2.75) is 65.8 Å². The molecular formula is C18H29N. The zero-order valence-corrected chi connectivity index (χ0v) is 13.1. The summed E-state index contributed by atoms with van der Waals surface area (Å²) in [4.78, 5) is 0. The Labute approximate surface area is 118 Å². The fraction of sp³-hybridized carbons (Fsp3) is 0.667. The number of hydrogen-bond acceptors (Lipinski definition) is 1. The first-order valence-electron chi connectivity index (χ1n) is 7.76. The fourth-order valence-corrected chi connectivity index (χ4v) is 2.63. The Morgan fingerprint density at radius 1 is 1.16 bits per heavy atom. The van der Waals surface area contributed by atoms with Gasteiger partial charge in [0.1, 0.15) is 0 Å². The quantitative estimate of drug-likeness (QED) is 0.765. The van der Waals surface area contributed by atoms with E-state index in [2.05, 4.69) is 51.2 Å². The van der Waals surface area contributed by atoms with Crippen molar-refractivity contribution in [2.24, 2.45) is 5.41 Å². The summed E-state index contributed by atoms with van der Waals surface area (Å²) in [6, 6.07) is 7.69. The van der Waals surface area contributed by atoms with Crippen LogP contribution in [0.4, 0.5) is 0 Å². The molecule has 1 aliphatic carbocycles. The van der Waals surface area contributed by atoms with Gasteiger partial charge in [-0.25, -0.2) is 0 Å². The molecule has 1 aliphatic rings. The van der Waals surface area contributed by atoms with E-state index >= 15 is 0 Å². The number of nitrogens with one attached hydrogen (secondary N) is 1. The molecule has 1 aromatic carbocycles. The molecule has 0 aliphatic heterocycles. The summed E-state index contributed by atoms with van der Waals surface area (Å²) in [6.07, 6.45) is 6.56. The minimum absolute atomic E-state index is 0.444. The van der Waals surface area contributed by atoms with Crippen molar-refractivity contribution in [3.8, 4) is 0 Å². The average molecular weight is 259 g/mol. The van der Waals surface area contributed by atoms with Crippen molar-refractivity contribution < 1.29 is 0 Å². The molecule has 0 heterocycles. The third-order valence-corrected chi connectivity index (χ3v) is 4.38. The molecule has 1 nitrogen and oxygen atoms in total. The first kappa shape index (κ1) is 14.6. The fourth-order valence-electron chi connectivity index (χ4n) is 2.63. The van der Waals surface area contributed by atoms with Gasteiger partial charge < -0.3 is 5.32 Å². The Balaban J connectivity index is 1.78. The second kappa shape index (κ2) is 6.09. The molecule has 0 amide bonds. The van der Waals surface area contributed by atoms with Crippen LogP contribution in [0.1, 0.15) is 56.2 Å². The van der Waals surface area contributed by atoms with Crippen molar-refractivity contribution in [2.75, 3.05) is 6.54 Å². The van der Waals surface area contributed by atoms with Crippen LogP contribution in [0, 0.1) is 19.3 Å². The number of rotatable bonds is 7. The molecule has 0 radical (unpaired) electrons. The molecule has 0 unspecified atom stereocenters. The molecule has 1 saturated carbocycles. The van der Waals surface area contributed by atoms with Gasteiger partial charge in [0.15, 0.2) is 0 Å². The highest BCUT2D eigenvalue weighted by molar-refractivity contribution is 5.30. The maximum atomic E-state index is 3.63. The van der Waals surface area contributed by atoms with Crippen LogP contribution >= 0.6 is 0 Å². The molecule has 0 spiro atoms. The molecular weight excluding hydrogens is 230 g/mol. The van der Waals surface area contributed by atoms with Gasteiger partial charge in [-0.1, -0.05) is 37.6 Å². The van der Waals surface area contributed by atoms with E-state index < -0.39 is 0 Å². The molecule has 0 aromatic heterocycles. The summed E-state index contributed by atoms with van der Waals surface area (Å²) in [5.74, 6) is 0. The average Bonchev–Trinajstić information content (AvgIpc) is 3.11. The highest BCUT2D eigenvalue weighted by Gasteiger charge is 2.22. The zero-order chi connectivity index (χ0) is 13.9. The molecule has 1 fully saturated rings. The van der Waals surface area contributed by atoms with Crippen LogP contribution in [0.3, 0.4) is 0 Å². The van der Waals surface area contributed by atoms with Gasteiger partial charge in [-0.2, -0.15) is 0 Å². The minimum atomic E-state index is 0.444. The summed E-state index contributed by atoms with van der Waals surface area (Å²) < 4.78 is 0. The molecule has 1 aromatic rings. The first-order valence-corrected chi connectivity index (χ1v) is 7.76. The summed E-state index contributed by atoms with van der Waals surface area (Å²) in [7, 11) is 0. The lowest BCUT2D eigenvalue weighted by molar-refractivity contribution is 0.301. The third-order valence-electron chi connectivity index (χ3n) is 4.38. The van der Waals surface area contributed by atoms with E-state index in [1.807, 2.05) is 0 Å². The van der Waals surface area contributed by atoms with Crippen LogP contribution in [0.25, 0.3) is 0 Å². The summed E-state index contributed by atoms with van der Waals surface area (Å²) in [6.45, 7) is 10.4. The molecule has 0 saturated heterocycles. The van der Waals surface area contributed by atoms with Crippen LogP contribution in [-0.2, 0) is 6.42 Å². The van der Waals surface area contributed by atoms with Gasteiger partial charge in [0.2, 0.25) is 0 Å². The van der Waals surface area contributed by atoms with Crippen LogP contribution < -0.4 is 5.32 Å². The van der Waals surface area contributed by atoms with E-state index in [0.29, 0.717) is 5.41 Å². The Morgan fingerprint density at radius 2 is 1.89 bits per heavy atom. The first-order chi connectivity index (χ1) is 8.96. The van der Waals surface area contributed by atoms with Crippen LogP contribution in [0.15, 0.2) is 18.2 Å². The predicted molar refractivity (Wildman–Crippen MR) is 83.7 cm³/mol. The number of aryl methyl sites for hydroxylation is 3. The maximum absolute atomic E-state index is 3.63. The molecule has 2 rings (SSSR count). The molecule has 19 heavy (non-hydrogen) atoms. The van der Waals surface area contributed by atoms with E-state index in [1.54, 1.807) is 0 Å². The standard InChI is InChI=1S/C18H29N/c1-14-5-6-16(15(2)13-14)9-10-18(3,4)11-12-19-17-7-8-17/h5-6,13,17,19H,7-12H2,1-4H3. The van der Waals surface area contributed by atoms with Gasteiger partial charge >= 0.3 is 0 Å². The largest absolute Gasteiger partial charge is 0.314 e. The van der Waals surface area contributed by atoms with E-state index in [9.17, 15) is 0 Å². The Hall–Kier alpha value is -0.820. The van der Waals surface area contributed by atoms with Crippen molar-refractivity contribution in [3.63, 3.8) is 0 Å². The highest BCUT2D eigenvalue weighted by Crippen LogP contribution is 2.28. The molecule has 0 atom stereocenters. The van der Waals surface area contributed by atoms with Crippen LogP contribution in [0.2, 0.25) is 0 Å². The molecule has 1 heteroatoms. The number of benzene rings is 1. The molecule has 1 N–H and O–H groups in total. The topological polar surface area (TPSA) is 12.0 Å². The summed E-state index contributed by atoms with van der Waals surface area (Å²) >= 11 is 0. The lowest BCUT2D eigenvalue weighted by Gasteiger charge is -2.25. The predicted octanol–water partition coefficient (Wildman–Crippen LogP) is 4.40. The van der Waals surface area contributed by atoms with Gasteiger partial charge in [0.05, 0.1) is 0 Å². The molecule has 106 valence electrons. The van der Waals surface area contributed by atoms with Crippen molar-refractivity contribution in [3.05, 3.63) is 34.9 Å². The van der Waals surface area contributed by atoms with E-state index in [4.69, 9.17) is 0 Å². The van der Waals surface area contributed by atoms with E-state index in [0.717, 1.165) is 6.04 Å². The summed E-state index contributed by atoms with van der Waals surface area (Å²) in [5, 5.41) is 3.63. The van der Waals surface area contributed by atoms with E-state index in [1.165, 1.54) is 55.3 Å².